The number of carbonyl (C=O) groups excluding carboxylic acids is 1. The minimum atomic E-state index is -4.57. The van der Waals surface area contributed by atoms with Gasteiger partial charge in [0, 0.05) is 13.1 Å². The molecule has 1 aliphatic rings. The Balaban J connectivity index is 2.69. The van der Waals surface area contributed by atoms with Crippen LogP contribution in [0.15, 0.2) is 0 Å². The molecule has 1 atom stereocenters. The number of ether oxygens (including phenoxy) is 1. The van der Waals surface area contributed by atoms with Crippen molar-refractivity contribution in [1.82, 2.24) is 9.79 Å². The monoisotopic (exact) mass is 364 g/mol. The van der Waals surface area contributed by atoms with Crippen molar-refractivity contribution < 1.29 is 23.9 Å². The van der Waals surface area contributed by atoms with Crippen LogP contribution in [0.4, 0.5) is 0 Å². The molecule has 0 radical (unpaired) electrons. The molecule has 0 aromatic heterocycles. The molecule has 142 valence electrons. The second-order valence-corrected chi connectivity index (χ2v) is 8.03. The zero-order valence-corrected chi connectivity index (χ0v) is 16.1. The first-order valence-electron chi connectivity index (χ1n) is 9.08. The zero-order chi connectivity index (χ0) is 18.2. The third-order valence-electron chi connectivity index (χ3n) is 4.43. The maximum Gasteiger partial charge on any atom is 0.417 e. The van der Waals surface area contributed by atoms with E-state index in [0.717, 1.165) is 49.7 Å². The van der Waals surface area contributed by atoms with Crippen LogP contribution in [0.2, 0.25) is 0 Å². The number of carbonyl (C=O) groups is 1. The summed E-state index contributed by atoms with van der Waals surface area (Å²) in [5.74, 6) is -0.254. The van der Waals surface area contributed by atoms with Crippen molar-refractivity contribution in [1.29, 1.82) is 0 Å². The van der Waals surface area contributed by atoms with Gasteiger partial charge in [0.2, 0.25) is 0 Å². The van der Waals surface area contributed by atoms with Gasteiger partial charge in [-0.05, 0) is 38.5 Å². The van der Waals surface area contributed by atoms with E-state index in [1.807, 2.05) is 0 Å². The molecule has 1 fully saturated rings. The Labute approximate surface area is 145 Å². The molecule has 0 aliphatic carbocycles. The van der Waals surface area contributed by atoms with Crippen molar-refractivity contribution in [2.24, 2.45) is 5.92 Å². The van der Waals surface area contributed by atoms with Gasteiger partial charge < -0.3 is 14.5 Å². The fourth-order valence-corrected chi connectivity index (χ4v) is 4.31. The van der Waals surface area contributed by atoms with Crippen LogP contribution in [-0.4, -0.2) is 51.3 Å². The van der Waals surface area contributed by atoms with Crippen molar-refractivity contribution in [3.8, 4) is 0 Å². The minimum absolute atomic E-state index is 0.314. The number of hydrogen-bond donors (Lipinski definition) is 2. The van der Waals surface area contributed by atoms with E-state index in [9.17, 15) is 19.1 Å². The molecule has 0 bridgehead atoms. The standard InChI is InChI=1S/C16H33N2O5P/c1-4-9-15(10-5-2)13-23-16(19)14(3)18(24(20,21)22)17-11-7-6-8-12-17/h14-15H,4-13H2,1-3H3,(H2,20,21,22). The fraction of sp³-hybridized carbons (Fsp3) is 0.938. The van der Waals surface area contributed by atoms with Crippen molar-refractivity contribution in [2.45, 2.75) is 71.8 Å². The molecule has 0 amide bonds. The molecule has 1 rings (SSSR count). The Bertz CT molecular complexity index is 417. The van der Waals surface area contributed by atoms with Gasteiger partial charge in [-0.3, -0.25) is 4.79 Å². The van der Waals surface area contributed by atoms with Crippen LogP contribution in [0.3, 0.4) is 0 Å². The number of piperidine rings is 1. The summed E-state index contributed by atoms with van der Waals surface area (Å²) in [5, 5.41) is 1.60. The highest BCUT2D eigenvalue weighted by molar-refractivity contribution is 7.49. The molecule has 0 spiro atoms. The Morgan fingerprint density at radius 1 is 1.17 bits per heavy atom. The lowest BCUT2D eigenvalue weighted by atomic mass is 9.99. The maximum atomic E-state index is 12.4. The lowest BCUT2D eigenvalue weighted by Gasteiger charge is -2.39. The molecular formula is C16H33N2O5P. The summed E-state index contributed by atoms with van der Waals surface area (Å²) in [4.78, 5) is 31.7. The van der Waals surface area contributed by atoms with E-state index in [0.29, 0.717) is 25.6 Å². The largest absolute Gasteiger partial charge is 0.464 e. The maximum absolute atomic E-state index is 12.4. The van der Waals surface area contributed by atoms with Crippen molar-refractivity contribution in [3.63, 3.8) is 0 Å². The molecule has 24 heavy (non-hydrogen) atoms. The summed E-state index contributed by atoms with van der Waals surface area (Å²) in [6.07, 6.45) is 6.81. The van der Waals surface area contributed by atoms with E-state index in [2.05, 4.69) is 13.8 Å². The quantitative estimate of drug-likeness (QED) is 0.455. The second-order valence-electron chi connectivity index (χ2n) is 6.60. The van der Waals surface area contributed by atoms with E-state index in [1.54, 1.807) is 5.01 Å². The molecule has 2 N–H and O–H groups in total. The minimum Gasteiger partial charge on any atom is -0.464 e. The summed E-state index contributed by atoms with van der Waals surface area (Å²) in [6, 6.07) is -0.993. The molecule has 1 heterocycles. The van der Waals surface area contributed by atoms with E-state index in [1.165, 1.54) is 6.92 Å². The van der Waals surface area contributed by atoms with Crippen LogP contribution in [-0.2, 0) is 14.1 Å². The summed E-state index contributed by atoms with van der Waals surface area (Å²) in [6.45, 7) is 7.12. The third kappa shape index (κ3) is 6.81. The molecule has 7 nitrogen and oxygen atoms in total. The number of esters is 1. The molecule has 1 saturated heterocycles. The molecule has 1 aliphatic heterocycles. The number of hydrogen-bond acceptors (Lipinski definition) is 4. The highest BCUT2D eigenvalue weighted by atomic mass is 31.2. The van der Waals surface area contributed by atoms with Crippen LogP contribution in [0.25, 0.3) is 0 Å². The number of hydrazine groups is 1. The first kappa shape index (κ1) is 21.6. The van der Waals surface area contributed by atoms with Crippen molar-refractivity contribution >= 4 is 13.7 Å². The average molecular weight is 364 g/mol. The van der Waals surface area contributed by atoms with Gasteiger partial charge in [-0.25, -0.2) is 9.57 Å². The SMILES string of the molecule is CCCC(CCC)COC(=O)C(C)N(N1CCCCC1)P(=O)(O)O. The summed E-state index contributed by atoms with van der Waals surface area (Å²) in [7, 11) is -4.57. The van der Waals surface area contributed by atoms with Gasteiger partial charge in [-0.15, -0.1) is 4.78 Å². The fourth-order valence-electron chi connectivity index (χ4n) is 3.26. The van der Waals surface area contributed by atoms with E-state index >= 15 is 0 Å². The van der Waals surface area contributed by atoms with Gasteiger partial charge >= 0.3 is 13.7 Å². The van der Waals surface area contributed by atoms with Crippen LogP contribution in [0.5, 0.6) is 0 Å². The number of rotatable bonds is 10. The van der Waals surface area contributed by atoms with E-state index in [-0.39, 0.29) is 0 Å². The van der Waals surface area contributed by atoms with Gasteiger partial charge in [0.05, 0.1) is 6.61 Å². The Morgan fingerprint density at radius 3 is 2.17 bits per heavy atom. The van der Waals surface area contributed by atoms with Crippen LogP contribution in [0, 0.1) is 5.92 Å². The lowest BCUT2D eigenvalue weighted by Crippen LogP contribution is -2.51. The molecule has 8 heteroatoms. The van der Waals surface area contributed by atoms with Crippen LogP contribution < -0.4 is 0 Å². The summed E-state index contributed by atoms with van der Waals surface area (Å²) >= 11 is 0. The molecule has 0 saturated carbocycles. The van der Waals surface area contributed by atoms with Crippen molar-refractivity contribution in [2.75, 3.05) is 19.7 Å². The lowest BCUT2D eigenvalue weighted by molar-refractivity contribution is -0.155. The smallest absolute Gasteiger partial charge is 0.417 e. The Morgan fingerprint density at radius 2 is 1.71 bits per heavy atom. The third-order valence-corrected chi connectivity index (χ3v) is 5.57. The Kier molecular flexibility index (Phi) is 9.45. The highest BCUT2D eigenvalue weighted by Gasteiger charge is 2.40. The van der Waals surface area contributed by atoms with Gasteiger partial charge in [-0.1, -0.05) is 33.1 Å². The normalized spacial score (nSPS) is 18.1. The predicted octanol–water partition coefficient (Wildman–Crippen LogP) is 2.93. The predicted molar refractivity (Wildman–Crippen MR) is 93.0 cm³/mol. The first-order chi connectivity index (χ1) is 11.3. The highest BCUT2D eigenvalue weighted by Crippen LogP contribution is 2.44. The molecule has 0 aromatic carbocycles. The topological polar surface area (TPSA) is 90.3 Å². The molecule has 1 unspecified atom stereocenters. The summed E-state index contributed by atoms with van der Waals surface area (Å²) in [5.41, 5.74) is 0. The Hall–Kier alpha value is -0.460. The summed E-state index contributed by atoms with van der Waals surface area (Å²) < 4.78 is 18.2. The zero-order valence-electron chi connectivity index (χ0n) is 15.2. The van der Waals surface area contributed by atoms with E-state index < -0.39 is 19.8 Å². The van der Waals surface area contributed by atoms with Gasteiger partial charge in [0.15, 0.2) is 0 Å². The van der Waals surface area contributed by atoms with Crippen molar-refractivity contribution in [3.05, 3.63) is 0 Å². The number of nitrogens with zero attached hydrogens (tertiary/aromatic N) is 2. The second kappa shape index (κ2) is 10.5. The van der Waals surface area contributed by atoms with Gasteiger partial charge in [0.1, 0.15) is 6.04 Å². The van der Waals surface area contributed by atoms with Gasteiger partial charge in [-0.2, -0.15) is 0 Å². The van der Waals surface area contributed by atoms with Crippen LogP contribution >= 0.6 is 7.75 Å². The average Bonchev–Trinajstić information content (AvgIpc) is 2.52. The molecule has 0 aromatic rings. The molecular weight excluding hydrogens is 331 g/mol. The first-order valence-corrected chi connectivity index (χ1v) is 10.6. The van der Waals surface area contributed by atoms with Gasteiger partial charge in [0.25, 0.3) is 0 Å². The van der Waals surface area contributed by atoms with E-state index in [4.69, 9.17) is 4.74 Å². The van der Waals surface area contributed by atoms with Crippen LogP contribution in [0.1, 0.15) is 65.7 Å².